The van der Waals surface area contributed by atoms with Crippen molar-refractivity contribution in [1.29, 1.82) is 0 Å². The normalized spacial score (nSPS) is 20.1. The second-order valence-corrected chi connectivity index (χ2v) is 5.50. The van der Waals surface area contributed by atoms with Gasteiger partial charge in [-0.05, 0) is 35.4 Å². The van der Waals surface area contributed by atoms with Crippen LogP contribution in [-0.4, -0.2) is 19.2 Å². The summed E-state index contributed by atoms with van der Waals surface area (Å²) in [5.74, 6) is 0.742. The smallest absolute Gasteiger partial charge is 0.199 e. The number of rotatable bonds is 6. The Morgan fingerprint density at radius 2 is 2.20 bits per heavy atom. The fourth-order valence-electron chi connectivity index (χ4n) is 2.30. The Balaban J connectivity index is 2.00. The molecule has 1 aliphatic heterocycles. The molecule has 20 heavy (non-hydrogen) atoms. The van der Waals surface area contributed by atoms with E-state index in [-0.39, 0.29) is 12.2 Å². The fraction of sp³-hybridized carbons (Fsp3) is 0.438. The van der Waals surface area contributed by atoms with E-state index >= 15 is 0 Å². The topological polar surface area (TPSA) is 35.5 Å². The van der Waals surface area contributed by atoms with E-state index in [1.54, 1.807) is 0 Å². The standard InChI is InChI=1S/C16H20O3S/c1-12(20)15(9-10-17)13-5-7-14(8-6-13)19-16-4-2-3-11-18-16/h5-8,10,15-16,20H,1-4,9,11H2/t15-,16?/m0/s1. The Bertz CT molecular complexity index is 449. The molecule has 2 atom stereocenters. The number of aldehydes is 1. The molecule has 0 aliphatic carbocycles. The third kappa shape index (κ3) is 4.12. The van der Waals surface area contributed by atoms with Crippen LogP contribution in [0.2, 0.25) is 0 Å². The predicted molar refractivity (Wildman–Crippen MR) is 82.2 cm³/mol. The average Bonchev–Trinajstić information content (AvgIpc) is 2.47. The van der Waals surface area contributed by atoms with Crippen molar-refractivity contribution in [3.05, 3.63) is 41.3 Å². The van der Waals surface area contributed by atoms with Crippen LogP contribution < -0.4 is 4.74 Å². The molecule has 1 unspecified atom stereocenters. The van der Waals surface area contributed by atoms with Gasteiger partial charge in [-0.3, -0.25) is 0 Å². The molecule has 0 saturated carbocycles. The first-order valence-electron chi connectivity index (χ1n) is 6.90. The maximum atomic E-state index is 10.7. The molecule has 0 radical (unpaired) electrons. The van der Waals surface area contributed by atoms with Gasteiger partial charge in [0, 0.05) is 18.8 Å². The van der Waals surface area contributed by atoms with Gasteiger partial charge in [0.25, 0.3) is 0 Å². The number of hydrogen-bond donors (Lipinski definition) is 1. The van der Waals surface area contributed by atoms with Crippen LogP contribution in [-0.2, 0) is 9.53 Å². The molecule has 1 aromatic carbocycles. The first-order valence-corrected chi connectivity index (χ1v) is 7.35. The van der Waals surface area contributed by atoms with Gasteiger partial charge in [-0.25, -0.2) is 0 Å². The fourth-order valence-corrected chi connectivity index (χ4v) is 2.55. The molecule has 1 aliphatic rings. The molecular formula is C16H20O3S. The predicted octanol–water partition coefficient (Wildman–Crippen LogP) is 3.71. The van der Waals surface area contributed by atoms with Gasteiger partial charge in [-0.2, -0.15) is 0 Å². The molecular weight excluding hydrogens is 272 g/mol. The van der Waals surface area contributed by atoms with Crippen LogP contribution in [0.5, 0.6) is 5.75 Å². The van der Waals surface area contributed by atoms with Crippen LogP contribution in [0.25, 0.3) is 0 Å². The van der Waals surface area contributed by atoms with Gasteiger partial charge in [0.15, 0.2) is 6.29 Å². The van der Waals surface area contributed by atoms with Gasteiger partial charge in [0.2, 0.25) is 0 Å². The lowest BCUT2D eigenvalue weighted by atomic mass is 9.96. The molecule has 0 spiro atoms. The summed E-state index contributed by atoms with van der Waals surface area (Å²) in [6.07, 6.45) is 4.34. The third-order valence-electron chi connectivity index (χ3n) is 3.42. The van der Waals surface area contributed by atoms with E-state index in [9.17, 15) is 4.79 Å². The van der Waals surface area contributed by atoms with E-state index in [0.29, 0.717) is 11.3 Å². The number of benzene rings is 1. The highest BCUT2D eigenvalue weighted by Crippen LogP contribution is 2.30. The molecule has 0 amide bonds. The third-order valence-corrected chi connectivity index (χ3v) is 3.73. The highest BCUT2D eigenvalue weighted by molar-refractivity contribution is 7.84. The minimum atomic E-state index is -0.139. The largest absolute Gasteiger partial charge is 0.465 e. The van der Waals surface area contributed by atoms with Crippen molar-refractivity contribution in [2.45, 2.75) is 37.9 Å². The monoisotopic (exact) mass is 292 g/mol. The average molecular weight is 292 g/mol. The Morgan fingerprint density at radius 3 is 2.75 bits per heavy atom. The summed E-state index contributed by atoms with van der Waals surface area (Å²) in [6, 6.07) is 7.71. The summed E-state index contributed by atoms with van der Waals surface area (Å²) in [4.78, 5) is 11.4. The van der Waals surface area contributed by atoms with Crippen LogP contribution in [0.3, 0.4) is 0 Å². The maximum Gasteiger partial charge on any atom is 0.199 e. The Labute approximate surface area is 125 Å². The van der Waals surface area contributed by atoms with Crippen molar-refractivity contribution >= 4 is 18.9 Å². The zero-order valence-electron chi connectivity index (χ0n) is 11.5. The molecule has 108 valence electrons. The molecule has 1 aromatic rings. The lowest BCUT2D eigenvalue weighted by molar-refractivity contribution is -0.108. The molecule has 1 heterocycles. The number of allylic oxidation sites excluding steroid dienone is 1. The van der Waals surface area contributed by atoms with Crippen LogP contribution in [0.1, 0.15) is 37.2 Å². The van der Waals surface area contributed by atoms with E-state index in [1.807, 2.05) is 24.3 Å². The van der Waals surface area contributed by atoms with Gasteiger partial charge in [-0.1, -0.05) is 18.7 Å². The van der Waals surface area contributed by atoms with Gasteiger partial charge in [-0.15, -0.1) is 12.6 Å². The van der Waals surface area contributed by atoms with Gasteiger partial charge >= 0.3 is 0 Å². The molecule has 4 heteroatoms. The molecule has 3 nitrogen and oxygen atoms in total. The van der Waals surface area contributed by atoms with Crippen LogP contribution in [0.4, 0.5) is 0 Å². The molecule has 0 aromatic heterocycles. The summed E-state index contributed by atoms with van der Waals surface area (Å²) in [7, 11) is 0. The van der Waals surface area contributed by atoms with E-state index in [0.717, 1.165) is 43.5 Å². The second kappa shape index (κ2) is 7.50. The Kier molecular flexibility index (Phi) is 5.68. The van der Waals surface area contributed by atoms with Gasteiger partial charge in [0.05, 0.1) is 6.61 Å². The summed E-state index contributed by atoms with van der Waals surface area (Å²) in [6.45, 7) is 4.59. The van der Waals surface area contributed by atoms with Crippen molar-refractivity contribution < 1.29 is 14.3 Å². The molecule has 0 N–H and O–H groups in total. The van der Waals surface area contributed by atoms with Crippen LogP contribution in [0, 0.1) is 0 Å². The highest BCUT2D eigenvalue weighted by atomic mass is 32.1. The number of hydrogen-bond acceptors (Lipinski definition) is 4. The van der Waals surface area contributed by atoms with E-state index in [4.69, 9.17) is 9.47 Å². The van der Waals surface area contributed by atoms with Crippen molar-refractivity contribution in [2.24, 2.45) is 0 Å². The minimum absolute atomic E-state index is 0.0455. The summed E-state index contributed by atoms with van der Waals surface area (Å²) in [5.41, 5.74) is 1.02. The SMILES string of the molecule is C=C(S)[C@H](CC=O)c1ccc(OC2CCCCO2)cc1. The van der Waals surface area contributed by atoms with Crippen molar-refractivity contribution in [2.75, 3.05) is 6.61 Å². The van der Waals surface area contributed by atoms with E-state index < -0.39 is 0 Å². The van der Waals surface area contributed by atoms with Crippen LogP contribution >= 0.6 is 12.6 Å². The number of thiol groups is 1. The summed E-state index contributed by atoms with van der Waals surface area (Å²) in [5, 5.41) is 0. The minimum Gasteiger partial charge on any atom is -0.465 e. The van der Waals surface area contributed by atoms with Crippen LogP contribution in [0.15, 0.2) is 35.7 Å². The van der Waals surface area contributed by atoms with E-state index in [1.165, 1.54) is 0 Å². The highest BCUT2D eigenvalue weighted by Gasteiger charge is 2.16. The zero-order chi connectivity index (χ0) is 14.4. The Hall–Kier alpha value is -1.26. The number of ether oxygens (including phenoxy) is 2. The summed E-state index contributed by atoms with van der Waals surface area (Å²) >= 11 is 4.27. The molecule has 1 fully saturated rings. The van der Waals surface area contributed by atoms with E-state index in [2.05, 4.69) is 19.2 Å². The zero-order valence-corrected chi connectivity index (χ0v) is 12.4. The van der Waals surface area contributed by atoms with Crippen molar-refractivity contribution in [3.63, 3.8) is 0 Å². The maximum absolute atomic E-state index is 10.7. The number of carbonyl (C=O) groups is 1. The van der Waals surface area contributed by atoms with Gasteiger partial charge in [0.1, 0.15) is 12.0 Å². The molecule has 1 saturated heterocycles. The first-order chi connectivity index (χ1) is 9.70. The van der Waals surface area contributed by atoms with Gasteiger partial charge < -0.3 is 14.3 Å². The lowest BCUT2D eigenvalue weighted by Gasteiger charge is -2.23. The molecule has 0 bridgehead atoms. The lowest BCUT2D eigenvalue weighted by Crippen LogP contribution is -2.24. The Morgan fingerprint density at radius 1 is 1.45 bits per heavy atom. The van der Waals surface area contributed by atoms with Crippen molar-refractivity contribution in [1.82, 2.24) is 0 Å². The quantitative estimate of drug-likeness (QED) is 0.641. The second-order valence-electron chi connectivity index (χ2n) is 4.93. The molecule has 2 rings (SSSR count). The number of carbonyl (C=O) groups excluding carboxylic acids is 1. The first kappa shape index (κ1) is 15.1. The van der Waals surface area contributed by atoms with Crippen molar-refractivity contribution in [3.8, 4) is 5.75 Å². The summed E-state index contributed by atoms with van der Waals surface area (Å²) < 4.78 is 11.3.